The van der Waals surface area contributed by atoms with Gasteiger partial charge in [-0.1, -0.05) is 160 Å². The second kappa shape index (κ2) is 36.6. The first-order chi connectivity index (χ1) is 22.1. The zero-order chi connectivity index (χ0) is 32.9. The molecule has 0 aromatic rings. The molecule has 0 spiro atoms. The third-order valence-corrected chi connectivity index (χ3v) is 8.45. The van der Waals surface area contributed by atoms with E-state index in [9.17, 15) is 9.59 Å². The number of ether oxygens (including phenoxy) is 2. The van der Waals surface area contributed by atoms with Gasteiger partial charge in [0.05, 0.1) is 19.6 Å². The molecule has 0 bridgehead atoms. The molecule has 45 heavy (non-hydrogen) atoms. The molecule has 0 aromatic carbocycles. The minimum absolute atomic E-state index is 0.0847. The Bertz CT molecular complexity index is 723. The highest BCUT2D eigenvalue weighted by Crippen LogP contribution is 2.12. The van der Waals surface area contributed by atoms with Gasteiger partial charge in [0.15, 0.2) is 0 Å². The Labute approximate surface area is 280 Å². The van der Waals surface area contributed by atoms with E-state index in [4.69, 9.17) is 9.47 Å². The molecule has 0 heterocycles. The molecule has 0 aromatic heterocycles. The Hall–Kier alpha value is -1.84. The highest BCUT2D eigenvalue weighted by molar-refractivity contribution is 5.93. The van der Waals surface area contributed by atoms with Gasteiger partial charge >= 0.3 is 11.9 Å². The fourth-order valence-corrected chi connectivity index (χ4v) is 5.45. The second-order valence-corrected chi connectivity index (χ2v) is 13.0. The summed E-state index contributed by atoms with van der Waals surface area (Å²) in [6.45, 7) is 9.07. The van der Waals surface area contributed by atoms with Crippen LogP contribution in [0, 0.1) is 0 Å². The van der Waals surface area contributed by atoms with Crippen molar-refractivity contribution in [2.45, 2.75) is 200 Å². The standard InChI is InChI=1S/C41H74O4/c1-4-6-8-10-12-14-16-18-20-22-24-26-28-30-32-34-36-44-40(42)38-39(3)41(43)45-37-35-33-31-29-27-25-23-21-19-17-15-13-11-9-7-5-2/h18-21H,3-17,22-38H2,1-2H3. The van der Waals surface area contributed by atoms with Crippen molar-refractivity contribution in [3.05, 3.63) is 36.5 Å². The highest BCUT2D eigenvalue weighted by atomic mass is 16.5. The smallest absolute Gasteiger partial charge is 0.333 e. The van der Waals surface area contributed by atoms with Crippen molar-refractivity contribution in [2.24, 2.45) is 0 Å². The fourth-order valence-electron chi connectivity index (χ4n) is 5.45. The van der Waals surface area contributed by atoms with Gasteiger partial charge in [0, 0.05) is 5.57 Å². The van der Waals surface area contributed by atoms with Gasteiger partial charge in [-0.2, -0.15) is 0 Å². The summed E-state index contributed by atoms with van der Waals surface area (Å²) in [6, 6.07) is 0. The maximum Gasteiger partial charge on any atom is 0.333 e. The van der Waals surface area contributed by atoms with E-state index in [-0.39, 0.29) is 18.0 Å². The van der Waals surface area contributed by atoms with E-state index < -0.39 is 5.97 Å². The SMILES string of the molecule is C=C(CC(=O)OCCCCCCCCC=CCCCCCCCC)C(=O)OCCCCCCCCC=CCCCCCCCC. The molecule has 4 nitrogen and oxygen atoms in total. The molecule has 0 aliphatic heterocycles. The molecule has 4 heteroatoms. The first-order valence-electron chi connectivity index (χ1n) is 19.4. The molecule has 0 N–H and O–H groups in total. The average Bonchev–Trinajstić information content (AvgIpc) is 3.03. The molecule has 0 aliphatic rings. The molecule has 0 radical (unpaired) electrons. The number of hydrogen-bond acceptors (Lipinski definition) is 4. The molecule has 0 rings (SSSR count). The van der Waals surface area contributed by atoms with Crippen LogP contribution < -0.4 is 0 Å². The maximum absolute atomic E-state index is 12.1. The number of carbonyl (C=O) groups is 2. The Morgan fingerprint density at radius 1 is 0.444 bits per heavy atom. The van der Waals surface area contributed by atoms with Crippen LogP contribution in [-0.4, -0.2) is 25.2 Å². The summed E-state index contributed by atoms with van der Waals surface area (Å²) in [6.07, 6.45) is 44.3. The number of esters is 2. The van der Waals surface area contributed by atoms with Crippen molar-refractivity contribution in [1.29, 1.82) is 0 Å². The number of hydrogen-bond donors (Lipinski definition) is 0. The lowest BCUT2D eigenvalue weighted by atomic mass is 10.1. The first kappa shape index (κ1) is 43.2. The largest absolute Gasteiger partial charge is 0.465 e. The van der Waals surface area contributed by atoms with Crippen molar-refractivity contribution in [1.82, 2.24) is 0 Å². The predicted octanol–water partition coefficient (Wildman–Crippen LogP) is 13.1. The van der Waals surface area contributed by atoms with Gasteiger partial charge in [0.1, 0.15) is 0 Å². The monoisotopic (exact) mass is 631 g/mol. The van der Waals surface area contributed by atoms with Gasteiger partial charge in [-0.05, 0) is 64.2 Å². The first-order valence-corrected chi connectivity index (χ1v) is 19.4. The Morgan fingerprint density at radius 3 is 1.13 bits per heavy atom. The molecule has 0 amide bonds. The van der Waals surface area contributed by atoms with Crippen LogP contribution >= 0.6 is 0 Å². The van der Waals surface area contributed by atoms with Crippen molar-refractivity contribution in [3.8, 4) is 0 Å². The van der Waals surface area contributed by atoms with Crippen LogP contribution in [0.5, 0.6) is 0 Å². The van der Waals surface area contributed by atoms with E-state index >= 15 is 0 Å². The molecule has 262 valence electrons. The van der Waals surface area contributed by atoms with E-state index in [0.29, 0.717) is 13.2 Å². The summed E-state index contributed by atoms with van der Waals surface area (Å²) in [5.74, 6) is -0.862. The molecule has 0 atom stereocenters. The van der Waals surface area contributed by atoms with Gasteiger partial charge in [0.25, 0.3) is 0 Å². The topological polar surface area (TPSA) is 52.6 Å². The molecular formula is C41H74O4. The minimum atomic E-state index is -0.475. The van der Waals surface area contributed by atoms with Gasteiger partial charge < -0.3 is 9.47 Å². The number of carbonyl (C=O) groups excluding carboxylic acids is 2. The van der Waals surface area contributed by atoms with Crippen LogP contribution in [0.15, 0.2) is 36.5 Å². The molecule has 0 aliphatic carbocycles. The summed E-state index contributed by atoms with van der Waals surface area (Å²) < 4.78 is 10.6. The summed E-state index contributed by atoms with van der Waals surface area (Å²) >= 11 is 0. The fraction of sp³-hybridized carbons (Fsp3) is 0.805. The van der Waals surface area contributed by atoms with Crippen molar-refractivity contribution >= 4 is 11.9 Å². The third-order valence-electron chi connectivity index (χ3n) is 8.45. The van der Waals surface area contributed by atoms with E-state index in [1.165, 1.54) is 154 Å². The lowest BCUT2D eigenvalue weighted by Gasteiger charge is -2.08. The lowest BCUT2D eigenvalue weighted by Crippen LogP contribution is -2.14. The van der Waals surface area contributed by atoms with E-state index in [0.717, 1.165) is 25.7 Å². The van der Waals surface area contributed by atoms with Crippen LogP contribution in [0.4, 0.5) is 0 Å². The Balaban J connectivity index is 3.46. The normalized spacial score (nSPS) is 11.5. The summed E-state index contributed by atoms with van der Waals surface area (Å²) in [7, 11) is 0. The van der Waals surface area contributed by atoms with Gasteiger partial charge in [-0.15, -0.1) is 0 Å². The Morgan fingerprint density at radius 2 is 0.756 bits per heavy atom. The van der Waals surface area contributed by atoms with Crippen LogP contribution in [0.3, 0.4) is 0 Å². The van der Waals surface area contributed by atoms with Crippen molar-refractivity contribution in [3.63, 3.8) is 0 Å². The van der Waals surface area contributed by atoms with Crippen molar-refractivity contribution in [2.75, 3.05) is 13.2 Å². The molecule has 0 fully saturated rings. The Kier molecular flexibility index (Phi) is 35.1. The minimum Gasteiger partial charge on any atom is -0.465 e. The predicted molar refractivity (Wildman–Crippen MR) is 195 cm³/mol. The zero-order valence-electron chi connectivity index (χ0n) is 30.1. The third kappa shape index (κ3) is 34.9. The van der Waals surface area contributed by atoms with Crippen molar-refractivity contribution < 1.29 is 19.1 Å². The van der Waals surface area contributed by atoms with E-state index in [2.05, 4.69) is 44.7 Å². The van der Waals surface area contributed by atoms with Crippen LogP contribution in [0.25, 0.3) is 0 Å². The zero-order valence-corrected chi connectivity index (χ0v) is 30.1. The number of allylic oxidation sites excluding steroid dienone is 4. The quantitative estimate of drug-likeness (QED) is 0.0302. The number of rotatable bonds is 35. The van der Waals surface area contributed by atoms with Gasteiger partial charge in [0.2, 0.25) is 0 Å². The van der Waals surface area contributed by atoms with Crippen LogP contribution in [-0.2, 0) is 19.1 Å². The van der Waals surface area contributed by atoms with E-state index in [1.54, 1.807) is 0 Å². The van der Waals surface area contributed by atoms with Crippen LogP contribution in [0.2, 0.25) is 0 Å². The van der Waals surface area contributed by atoms with Gasteiger partial charge in [-0.3, -0.25) is 4.79 Å². The number of unbranched alkanes of at least 4 members (excludes halogenated alkanes) is 24. The molecule has 0 saturated carbocycles. The lowest BCUT2D eigenvalue weighted by molar-refractivity contribution is -0.146. The van der Waals surface area contributed by atoms with Crippen LogP contribution in [0.1, 0.15) is 200 Å². The second-order valence-electron chi connectivity index (χ2n) is 13.0. The van der Waals surface area contributed by atoms with Gasteiger partial charge in [-0.25, -0.2) is 4.79 Å². The summed E-state index contributed by atoms with van der Waals surface area (Å²) in [4.78, 5) is 24.2. The maximum atomic E-state index is 12.1. The average molecular weight is 631 g/mol. The summed E-state index contributed by atoms with van der Waals surface area (Å²) in [5.41, 5.74) is 0.186. The highest BCUT2D eigenvalue weighted by Gasteiger charge is 2.14. The molecule has 0 saturated heterocycles. The summed E-state index contributed by atoms with van der Waals surface area (Å²) in [5, 5.41) is 0. The van der Waals surface area contributed by atoms with E-state index in [1.807, 2.05) is 0 Å². The molecule has 0 unspecified atom stereocenters. The molecular weight excluding hydrogens is 556 g/mol.